The summed E-state index contributed by atoms with van der Waals surface area (Å²) in [5, 5.41) is 11.4. The van der Waals surface area contributed by atoms with Crippen molar-refractivity contribution in [2.45, 2.75) is 0 Å². The summed E-state index contributed by atoms with van der Waals surface area (Å²) in [5.74, 6) is 0. The van der Waals surface area contributed by atoms with Gasteiger partial charge in [0, 0.05) is 10.0 Å². The molecule has 7 aromatic carbocycles. The van der Waals surface area contributed by atoms with Crippen LogP contribution in [0.5, 0.6) is 0 Å². The predicted molar refractivity (Wildman–Crippen MR) is 157 cm³/mol. The Morgan fingerprint density at radius 3 is 0.972 bits per heavy atom. The highest BCUT2D eigenvalue weighted by Crippen LogP contribution is 2.49. The summed E-state index contributed by atoms with van der Waals surface area (Å²) in [4.78, 5) is 0. The molecular formula is C34H20Cl2. The molecule has 0 spiro atoms. The van der Waals surface area contributed by atoms with Crippen molar-refractivity contribution in [3.8, 4) is 22.3 Å². The molecule has 0 nitrogen and oxygen atoms in total. The predicted octanol–water partition coefficient (Wildman–Crippen LogP) is 10.9. The van der Waals surface area contributed by atoms with Gasteiger partial charge in [-0.1, -0.05) is 120 Å². The Balaban J connectivity index is 1.85. The summed E-state index contributed by atoms with van der Waals surface area (Å²) in [7, 11) is 0. The Hall–Kier alpha value is -3.84. The highest BCUT2D eigenvalue weighted by atomic mass is 35.5. The molecular weight excluding hydrogens is 479 g/mol. The van der Waals surface area contributed by atoms with E-state index >= 15 is 0 Å². The average molecular weight is 499 g/mol. The smallest absolute Gasteiger partial charge is 0.0406 e. The highest BCUT2D eigenvalue weighted by molar-refractivity contribution is 6.37. The van der Waals surface area contributed by atoms with Crippen LogP contribution in [0.3, 0.4) is 0 Å². The molecule has 0 saturated heterocycles. The second kappa shape index (κ2) is 8.38. The molecule has 0 saturated carbocycles. The molecule has 36 heavy (non-hydrogen) atoms. The lowest BCUT2D eigenvalue weighted by Crippen LogP contribution is -1.93. The van der Waals surface area contributed by atoms with Crippen LogP contribution in [0.1, 0.15) is 0 Å². The van der Waals surface area contributed by atoms with Crippen molar-refractivity contribution in [2.24, 2.45) is 0 Å². The van der Waals surface area contributed by atoms with Gasteiger partial charge in [-0.05, 0) is 89.6 Å². The maximum atomic E-state index is 6.32. The third-order valence-electron chi connectivity index (χ3n) is 7.16. The minimum absolute atomic E-state index is 0.737. The molecule has 0 heterocycles. The monoisotopic (exact) mass is 498 g/mol. The molecule has 0 aliphatic heterocycles. The largest absolute Gasteiger partial charge is 0.0843 e. The van der Waals surface area contributed by atoms with E-state index < -0.39 is 0 Å². The van der Waals surface area contributed by atoms with Crippen LogP contribution < -0.4 is 0 Å². The lowest BCUT2D eigenvalue weighted by molar-refractivity contribution is 1.66. The molecule has 7 aromatic rings. The van der Waals surface area contributed by atoms with Crippen molar-refractivity contribution >= 4 is 66.3 Å². The molecule has 0 aliphatic carbocycles. The van der Waals surface area contributed by atoms with E-state index in [4.69, 9.17) is 23.2 Å². The van der Waals surface area contributed by atoms with Crippen molar-refractivity contribution in [2.75, 3.05) is 0 Å². The van der Waals surface area contributed by atoms with Gasteiger partial charge >= 0.3 is 0 Å². The molecule has 2 heteroatoms. The lowest BCUT2D eigenvalue weighted by atomic mass is 9.81. The third-order valence-corrected chi connectivity index (χ3v) is 7.67. The second-order valence-electron chi connectivity index (χ2n) is 9.15. The molecule has 0 aromatic heterocycles. The van der Waals surface area contributed by atoms with Crippen molar-refractivity contribution < 1.29 is 0 Å². The van der Waals surface area contributed by atoms with Crippen molar-refractivity contribution in [1.82, 2.24) is 0 Å². The first-order valence-electron chi connectivity index (χ1n) is 12.0. The molecule has 0 fully saturated rings. The Morgan fingerprint density at radius 1 is 0.306 bits per heavy atom. The zero-order valence-electron chi connectivity index (χ0n) is 19.3. The highest BCUT2D eigenvalue weighted by Gasteiger charge is 2.21. The van der Waals surface area contributed by atoms with E-state index in [-0.39, 0.29) is 0 Å². The summed E-state index contributed by atoms with van der Waals surface area (Å²) < 4.78 is 0. The van der Waals surface area contributed by atoms with E-state index in [1.54, 1.807) is 0 Å². The first kappa shape index (κ1) is 21.4. The van der Waals surface area contributed by atoms with Crippen molar-refractivity contribution in [3.05, 3.63) is 131 Å². The van der Waals surface area contributed by atoms with E-state index in [1.165, 1.54) is 54.2 Å². The van der Waals surface area contributed by atoms with Gasteiger partial charge in [0.1, 0.15) is 0 Å². The maximum absolute atomic E-state index is 6.32. The van der Waals surface area contributed by atoms with E-state index in [0.29, 0.717) is 0 Å². The van der Waals surface area contributed by atoms with Gasteiger partial charge in [-0.15, -0.1) is 0 Å². The Bertz CT molecular complexity index is 1790. The zero-order chi connectivity index (χ0) is 24.2. The quantitative estimate of drug-likeness (QED) is 0.164. The minimum atomic E-state index is 0.737. The SMILES string of the molecule is Clc1ccc(-c2c3ccccc3c(-c3ccc(Cl)cc3)c3c4ccccc4c4ccccc4c23)cc1. The summed E-state index contributed by atoms with van der Waals surface area (Å²) in [6.07, 6.45) is 0. The zero-order valence-corrected chi connectivity index (χ0v) is 20.8. The van der Waals surface area contributed by atoms with Crippen LogP contribution >= 0.6 is 23.2 Å². The van der Waals surface area contributed by atoms with E-state index in [1.807, 2.05) is 24.3 Å². The van der Waals surface area contributed by atoms with E-state index in [2.05, 4.69) is 97.1 Å². The van der Waals surface area contributed by atoms with Gasteiger partial charge in [-0.2, -0.15) is 0 Å². The van der Waals surface area contributed by atoms with Crippen molar-refractivity contribution in [3.63, 3.8) is 0 Å². The van der Waals surface area contributed by atoms with Gasteiger partial charge in [0.15, 0.2) is 0 Å². The fourth-order valence-corrected chi connectivity index (χ4v) is 5.93. The first-order valence-corrected chi connectivity index (χ1v) is 12.8. The molecule has 0 amide bonds. The van der Waals surface area contributed by atoms with Crippen LogP contribution in [-0.2, 0) is 0 Å². The van der Waals surface area contributed by atoms with Gasteiger partial charge in [0.25, 0.3) is 0 Å². The molecule has 0 N–H and O–H groups in total. The summed E-state index contributed by atoms with van der Waals surface area (Å²) in [6.45, 7) is 0. The van der Waals surface area contributed by atoms with Crippen LogP contribution in [-0.4, -0.2) is 0 Å². The van der Waals surface area contributed by atoms with Crippen molar-refractivity contribution in [1.29, 1.82) is 0 Å². The molecule has 7 rings (SSSR count). The van der Waals surface area contributed by atoms with Crippen LogP contribution in [0.4, 0.5) is 0 Å². The Kier molecular flexibility index (Phi) is 4.99. The van der Waals surface area contributed by atoms with Gasteiger partial charge in [-0.3, -0.25) is 0 Å². The Labute approximate surface area is 219 Å². The van der Waals surface area contributed by atoms with Gasteiger partial charge in [0.05, 0.1) is 0 Å². The summed E-state index contributed by atoms with van der Waals surface area (Å²) in [6, 6.07) is 42.7. The third kappa shape index (κ3) is 3.23. The van der Waals surface area contributed by atoms with E-state index in [0.717, 1.165) is 21.2 Å². The number of fused-ring (bicyclic) bond motifs is 7. The van der Waals surface area contributed by atoms with Gasteiger partial charge in [-0.25, -0.2) is 0 Å². The summed E-state index contributed by atoms with van der Waals surface area (Å²) in [5.41, 5.74) is 4.78. The maximum Gasteiger partial charge on any atom is 0.0406 e. The molecule has 0 bridgehead atoms. The van der Waals surface area contributed by atoms with E-state index in [9.17, 15) is 0 Å². The fraction of sp³-hybridized carbons (Fsp3) is 0. The number of halogens is 2. The number of benzene rings is 7. The number of hydrogen-bond acceptors (Lipinski definition) is 0. The average Bonchev–Trinajstić information content (AvgIpc) is 2.93. The first-order chi connectivity index (χ1) is 17.7. The fourth-order valence-electron chi connectivity index (χ4n) is 5.68. The normalized spacial score (nSPS) is 11.6. The van der Waals surface area contributed by atoms with Crippen LogP contribution in [0.2, 0.25) is 10.0 Å². The van der Waals surface area contributed by atoms with Crippen LogP contribution in [0, 0.1) is 0 Å². The molecule has 0 unspecified atom stereocenters. The number of hydrogen-bond donors (Lipinski definition) is 0. The topological polar surface area (TPSA) is 0 Å². The van der Waals surface area contributed by atoms with Crippen LogP contribution in [0.15, 0.2) is 121 Å². The standard InChI is InChI=1S/C34H20Cl2/c35-23-17-13-21(14-18-23)31-29-11-5-6-12-30(29)32(22-15-19-24(36)20-16-22)34-28-10-4-2-8-26(28)25-7-1-3-9-27(25)33(31)34/h1-20H. The Morgan fingerprint density at radius 2 is 0.611 bits per heavy atom. The molecule has 0 atom stereocenters. The van der Waals surface area contributed by atoms with Crippen LogP contribution in [0.25, 0.3) is 65.3 Å². The number of rotatable bonds is 2. The van der Waals surface area contributed by atoms with Gasteiger partial charge in [0.2, 0.25) is 0 Å². The second-order valence-corrected chi connectivity index (χ2v) is 10.0. The van der Waals surface area contributed by atoms with Gasteiger partial charge < -0.3 is 0 Å². The molecule has 0 radical (unpaired) electrons. The lowest BCUT2D eigenvalue weighted by Gasteiger charge is -2.21. The minimum Gasteiger partial charge on any atom is -0.0843 e. The summed E-state index contributed by atoms with van der Waals surface area (Å²) >= 11 is 12.6. The molecule has 170 valence electrons. The molecule has 0 aliphatic rings.